The molecule has 0 unspecified atom stereocenters. The first-order valence-corrected chi connectivity index (χ1v) is 8.19. The Morgan fingerprint density at radius 1 is 1.20 bits per heavy atom. The summed E-state index contributed by atoms with van der Waals surface area (Å²) in [5.74, 6) is 0. The highest BCUT2D eigenvalue weighted by Gasteiger charge is 2.18. The van der Waals surface area contributed by atoms with Gasteiger partial charge in [0.25, 0.3) is 10.0 Å². The van der Waals surface area contributed by atoms with Crippen LogP contribution in [0.3, 0.4) is 0 Å². The van der Waals surface area contributed by atoms with Gasteiger partial charge in [-0.15, -0.1) is 0 Å². The predicted octanol–water partition coefficient (Wildman–Crippen LogP) is 3.05. The number of aliphatic hydroxyl groups excluding tert-OH is 1. The van der Waals surface area contributed by atoms with Gasteiger partial charge in [0.1, 0.15) is 0 Å². The normalized spacial score (nSPS) is 11.3. The van der Waals surface area contributed by atoms with E-state index in [1.54, 1.807) is 30.3 Å². The molecule has 0 spiro atoms. The average molecular weight is 356 g/mol. The van der Waals surface area contributed by atoms with Gasteiger partial charge in [-0.25, -0.2) is 8.42 Å². The van der Waals surface area contributed by atoms with Crippen molar-refractivity contribution in [2.24, 2.45) is 0 Å². The van der Waals surface area contributed by atoms with Crippen LogP contribution < -0.4 is 4.72 Å². The van der Waals surface area contributed by atoms with Gasteiger partial charge < -0.3 is 5.11 Å². The Morgan fingerprint density at radius 3 is 2.55 bits per heavy atom. The molecule has 0 aromatic heterocycles. The molecule has 0 amide bonds. The van der Waals surface area contributed by atoms with Gasteiger partial charge in [0.15, 0.2) is 0 Å². The highest BCUT2D eigenvalue weighted by atomic mass is 79.9. The molecule has 0 radical (unpaired) electrons. The molecule has 0 heterocycles. The Hall–Kier alpha value is -1.37. The van der Waals surface area contributed by atoms with E-state index in [0.717, 1.165) is 10.0 Å². The number of nitrogens with one attached hydrogen (secondary N) is 1. The first-order chi connectivity index (χ1) is 9.44. The van der Waals surface area contributed by atoms with E-state index in [-0.39, 0.29) is 11.5 Å². The van der Waals surface area contributed by atoms with Gasteiger partial charge in [-0.2, -0.15) is 0 Å². The average Bonchev–Trinajstić information content (AvgIpc) is 2.42. The number of hydrogen-bond acceptors (Lipinski definition) is 3. The van der Waals surface area contributed by atoms with Crippen LogP contribution >= 0.6 is 15.9 Å². The molecule has 2 aromatic carbocycles. The molecular formula is C14H14BrNO3S. The van der Waals surface area contributed by atoms with Crippen LogP contribution in [0.1, 0.15) is 11.1 Å². The third kappa shape index (κ3) is 3.20. The van der Waals surface area contributed by atoms with Crippen LogP contribution in [0.15, 0.2) is 51.8 Å². The molecule has 4 nitrogen and oxygen atoms in total. The molecule has 0 aliphatic heterocycles. The fourth-order valence-electron chi connectivity index (χ4n) is 1.76. The summed E-state index contributed by atoms with van der Waals surface area (Å²) in [6.45, 7) is 1.60. The van der Waals surface area contributed by atoms with Crippen LogP contribution in [-0.4, -0.2) is 13.5 Å². The monoisotopic (exact) mass is 355 g/mol. The molecule has 0 bridgehead atoms. The molecule has 0 saturated carbocycles. The third-order valence-corrected chi connectivity index (χ3v) is 5.19. The van der Waals surface area contributed by atoms with Crippen molar-refractivity contribution >= 4 is 31.6 Å². The summed E-state index contributed by atoms with van der Waals surface area (Å²) in [7, 11) is -3.72. The molecule has 0 saturated heterocycles. The molecule has 20 heavy (non-hydrogen) atoms. The van der Waals surface area contributed by atoms with Crippen molar-refractivity contribution in [3.05, 3.63) is 58.1 Å². The summed E-state index contributed by atoms with van der Waals surface area (Å²) in [4.78, 5) is 0.0826. The number of hydrogen-bond donors (Lipinski definition) is 2. The van der Waals surface area contributed by atoms with Crippen LogP contribution in [0.2, 0.25) is 0 Å². The van der Waals surface area contributed by atoms with Crippen LogP contribution in [0.25, 0.3) is 0 Å². The fraction of sp³-hybridized carbons (Fsp3) is 0.143. The smallest absolute Gasteiger partial charge is 0.262 e. The number of sulfonamides is 1. The lowest BCUT2D eigenvalue weighted by Gasteiger charge is -2.11. The lowest BCUT2D eigenvalue weighted by Crippen LogP contribution is -2.15. The summed E-state index contributed by atoms with van der Waals surface area (Å²) in [6.07, 6.45) is 0. The van der Waals surface area contributed by atoms with Gasteiger partial charge in [0, 0.05) is 10.2 Å². The van der Waals surface area contributed by atoms with Crippen molar-refractivity contribution in [1.82, 2.24) is 0 Å². The summed E-state index contributed by atoms with van der Waals surface area (Å²) < 4.78 is 28.0. The first-order valence-electron chi connectivity index (χ1n) is 5.92. The molecule has 0 aliphatic rings. The maximum atomic E-state index is 12.3. The number of benzene rings is 2. The van der Waals surface area contributed by atoms with Crippen LogP contribution in [0.4, 0.5) is 5.69 Å². The van der Waals surface area contributed by atoms with Crippen molar-refractivity contribution < 1.29 is 13.5 Å². The van der Waals surface area contributed by atoms with Gasteiger partial charge in [0.2, 0.25) is 0 Å². The number of rotatable bonds is 4. The van der Waals surface area contributed by atoms with Gasteiger partial charge in [-0.3, -0.25) is 4.72 Å². The molecule has 0 fully saturated rings. The van der Waals surface area contributed by atoms with E-state index in [1.807, 2.05) is 13.0 Å². The summed E-state index contributed by atoms with van der Waals surface area (Å²) in [5.41, 5.74) is 1.85. The zero-order valence-electron chi connectivity index (χ0n) is 10.8. The Kier molecular flexibility index (Phi) is 4.47. The van der Waals surface area contributed by atoms with E-state index in [0.29, 0.717) is 11.3 Å². The Morgan fingerprint density at radius 2 is 1.90 bits per heavy atom. The van der Waals surface area contributed by atoms with Crippen molar-refractivity contribution in [1.29, 1.82) is 0 Å². The maximum Gasteiger partial charge on any atom is 0.262 e. The lowest BCUT2D eigenvalue weighted by atomic mass is 10.2. The van der Waals surface area contributed by atoms with Gasteiger partial charge >= 0.3 is 0 Å². The van der Waals surface area contributed by atoms with Crippen molar-refractivity contribution in [3.63, 3.8) is 0 Å². The highest BCUT2D eigenvalue weighted by Crippen LogP contribution is 2.24. The second-order valence-electron chi connectivity index (χ2n) is 4.34. The zero-order chi connectivity index (χ0) is 14.8. The summed E-state index contributed by atoms with van der Waals surface area (Å²) in [6, 6.07) is 11.6. The molecule has 2 aromatic rings. The van der Waals surface area contributed by atoms with Crippen molar-refractivity contribution in [2.75, 3.05) is 4.72 Å². The van der Waals surface area contributed by atoms with Crippen molar-refractivity contribution in [2.45, 2.75) is 18.4 Å². The van der Waals surface area contributed by atoms with Gasteiger partial charge in [0.05, 0.1) is 11.5 Å². The minimum absolute atomic E-state index is 0.0826. The highest BCUT2D eigenvalue weighted by molar-refractivity contribution is 9.10. The topological polar surface area (TPSA) is 66.4 Å². The minimum Gasteiger partial charge on any atom is -0.392 e. The summed E-state index contributed by atoms with van der Waals surface area (Å²) >= 11 is 3.36. The Labute approximate surface area is 126 Å². The molecule has 6 heteroatoms. The quantitative estimate of drug-likeness (QED) is 0.885. The van der Waals surface area contributed by atoms with Crippen LogP contribution in [-0.2, 0) is 16.6 Å². The van der Waals surface area contributed by atoms with Crippen LogP contribution in [0, 0.1) is 6.92 Å². The lowest BCUT2D eigenvalue weighted by molar-refractivity contribution is 0.278. The first kappa shape index (κ1) is 15.0. The second kappa shape index (κ2) is 5.95. The van der Waals surface area contributed by atoms with E-state index in [1.165, 1.54) is 6.07 Å². The predicted molar refractivity (Wildman–Crippen MR) is 82.1 cm³/mol. The maximum absolute atomic E-state index is 12.3. The van der Waals surface area contributed by atoms with E-state index < -0.39 is 10.0 Å². The zero-order valence-corrected chi connectivity index (χ0v) is 13.2. The number of aliphatic hydroxyl groups is 1. The van der Waals surface area contributed by atoms with Gasteiger partial charge in [-0.1, -0.05) is 40.2 Å². The fourth-order valence-corrected chi connectivity index (χ4v) is 3.42. The number of halogens is 1. The third-order valence-electron chi connectivity index (χ3n) is 2.86. The van der Waals surface area contributed by atoms with Crippen LogP contribution in [0.5, 0.6) is 0 Å². The summed E-state index contributed by atoms with van der Waals surface area (Å²) in [5, 5.41) is 9.23. The van der Waals surface area contributed by atoms with Gasteiger partial charge in [-0.05, 0) is 36.2 Å². The van der Waals surface area contributed by atoms with E-state index in [9.17, 15) is 13.5 Å². The SMILES string of the molecule is Cc1ccc(NS(=O)(=O)c2ccccc2CO)cc1Br. The molecule has 0 aliphatic carbocycles. The van der Waals surface area contributed by atoms with Crippen molar-refractivity contribution in [3.8, 4) is 0 Å². The molecule has 106 valence electrons. The second-order valence-corrected chi connectivity index (χ2v) is 6.84. The standard InChI is InChI=1S/C14H14BrNO3S/c1-10-6-7-12(8-13(10)15)16-20(18,19)14-5-3-2-4-11(14)9-17/h2-8,16-17H,9H2,1H3. The number of aryl methyl sites for hydroxylation is 1. The van der Waals surface area contributed by atoms with E-state index in [2.05, 4.69) is 20.7 Å². The number of anilines is 1. The Balaban J connectivity index is 2.38. The Bertz CT molecular complexity index is 729. The molecule has 2 rings (SSSR count). The molecular weight excluding hydrogens is 342 g/mol. The van der Waals surface area contributed by atoms with E-state index in [4.69, 9.17) is 0 Å². The molecule has 2 N–H and O–H groups in total. The largest absolute Gasteiger partial charge is 0.392 e. The molecule has 0 atom stereocenters. The minimum atomic E-state index is -3.72. The van der Waals surface area contributed by atoms with E-state index >= 15 is 0 Å².